The first-order valence-corrected chi connectivity index (χ1v) is 6.13. The van der Waals surface area contributed by atoms with E-state index in [-0.39, 0.29) is 0 Å². The molecule has 0 atom stereocenters. The number of benzene rings is 2. The molecule has 4 heteroatoms. The second-order valence-corrected chi connectivity index (χ2v) is 4.02. The van der Waals surface area contributed by atoms with Crippen LogP contribution in [0.4, 0.5) is 0 Å². The van der Waals surface area contributed by atoms with Gasteiger partial charge in [-0.05, 0) is 48.5 Å². The van der Waals surface area contributed by atoms with Gasteiger partial charge in [-0.25, -0.2) is 0 Å². The average Bonchev–Trinajstić information content (AvgIpc) is 2.53. The molecule has 2 rings (SSSR count). The van der Waals surface area contributed by atoms with E-state index >= 15 is 0 Å². The Balaban J connectivity index is 1.75. The number of carbonyl (C=O) groups excluding carboxylic acids is 1. The van der Waals surface area contributed by atoms with Gasteiger partial charge < -0.3 is 9.47 Å². The molecule has 0 heterocycles. The van der Waals surface area contributed by atoms with Crippen LogP contribution >= 0.6 is 0 Å². The van der Waals surface area contributed by atoms with Crippen LogP contribution in [0.1, 0.15) is 15.9 Å². The quantitative estimate of drug-likeness (QED) is 0.596. The number of ether oxygens (including phenoxy) is 2. The molecule has 0 saturated carbocycles. The predicted octanol–water partition coefficient (Wildman–Crippen LogP) is 2.83. The maximum Gasteiger partial charge on any atom is 0.150 e. The zero-order valence-electron chi connectivity index (χ0n) is 10.8. The van der Waals surface area contributed by atoms with Gasteiger partial charge in [0.15, 0.2) is 0 Å². The Hall–Kier alpha value is -2.80. The van der Waals surface area contributed by atoms with Gasteiger partial charge in [0.25, 0.3) is 0 Å². The van der Waals surface area contributed by atoms with Crippen LogP contribution < -0.4 is 9.47 Å². The van der Waals surface area contributed by atoms with Crippen molar-refractivity contribution in [2.75, 3.05) is 13.2 Å². The summed E-state index contributed by atoms with van der Waals surface area (Å²) in [5.41, 5.74) is 1.22. The molecule has 0 bridgehead atoms. The zero-order chi connectivity index (χ0) is 14.2. The lowest BCUT2D eigenvalue weighted by atomic mass is 10.2. The van der Waals surface area contributed by atoms with Crippen molar-refractivity contribution < 1.29 is 14.3 Å². The number of hydrogen-bond donors (Lipinski definition) is 0. The van der Waals surface area contributed by atoms with Gasteiger partial charge in [0.1, 0.15) is 31.0 Å². The number of nitriles is 1. The zero-order valence-corrected chi connectivity index (χ0v) is 10.8. The van der Waals surface area contributed by atoms with Crippen LogP contribution in [-0.4, -0.2) is 19.5 Å². The third-order valence-corrected chi connectivity index (χ3v) is 2.62. The lowest BCUT2D eigenvalue weighted by molar-refractivity contribution is 0.112. The molecule has 0 radical (unpaired) electrons. The Kier molecular flexibility index (Phi) is 4.74. The van der Waals surface area contributed by atoms with Gasteiger partial charge in [0.2, 0.25) is 0 Å². The highest BCUT2D eigenvalue weighted by Crippen LogP contribution is 2.13. The van der Waals surface area contributed by atoms with E-state index in [4.69, 9.17) is 14.7 Å². The molecule has 0 aliphatic heterocycles. The molecule has 0 aliphatic carbocycles. The van der Waals surface area contributed by atoms with E-state index < -0.39 is 0 Å². The standard InChI is InChI=1S/C16H13NO3/c17-11-13-1-5-15(6-2-13)19-9-10-20-16-7-3-14(12-18)4-8-16/h1-8,12H,9-10H2. The molecule has 0 aliphatic rings. The van der Waals surface area contributed by atoms with Crippen molar-refractivity contribution in [3.63, 3.8) is 0 Å². The molecule has 2 aromatic rings. The van der Waals surface area contributed by atoms with Crippen LogP contribution in [0, 0.1) is 11.3 Å². The lowest BCUT2D eigenvalue weighted by Gasteiger charge is -2.08. The maximum absolute atomic E-state index is 10.5. The van der Waals surface area contributed by atoms with Crippen LogP contribution in [0.2, 0.25) is 0 Å². The first kappa shape index (κ1) is 13.6. The molecule has 0 aromatic heterocycles. The second-order valence-electron chi connectivity index (χ2n) is 4.02. The highest BCUT2D eigenvalue weighted by atomic mass is 16.5. The summed E-state index contributed by atoms with van der Waals surface area (Å²) in [6.07, 6.45) is 0.789. The maximum atomic E-state index is 10.5. The first-order valence-electron chi connectivity index (χ1n) is 6.13. The summed E-state index contributed by atoms with van der Waals surface area (Å²) in [5, 5.41) is 8.67. The van der Waals surface area contributed by atoms with E-state index in [0.29, 0.717) is 35.8 Å². The highest BCUT2D eigenvalue weighted by Gasteiger charge is 1.97. The third kappa shape index (κ3) is 3.85. The SMILES string of the molecule is N#Cc1ccc(OCCOc2ccc(C=O)cc2)cc1. The summed E-state index contributed by atoms with van der Waals surface area (Å²) in [6.45, 7) is 0.807. The van der Waals surface area contributed by atoms with Crippen LogP contribution in [0.25, 0.3) is 0 Å². The van der Waals surface area contributed by atoms with E-state index in [1.165, 1.54) is 0 Å². The average molecular weight is 267 g/mol. The van der Waals surface area contributed by atoms with Gasteiger partial charge in [-0.1, -0.05) is 0 Å². The van der Waals surface area contributed by atoms with Crippen molar-refractivity contribution in [2.24, 2.45) is 0 Å². The Morgan fingerprint density at radius 2 is 1.40 bits per heavy atom. The van der Waals surface area contributed by atoms with Crippen LogP contribution in [0.5, 0.6) is 11.5 Å². The fraction of sp³-hybridized carbons (Fsp3) is 0.125. The Morgan fingerprint density at radius 3 is 1.85 bits per heavy atom. The summed E-state index contributed by atoms with van der Waals surface area (Å²) in [4.78, 5) is 10.5. The van der Waals surface area contributed by atoms with Gasteiger partial charge in [-0.2, -0.15) is 5.26 Å². The Morgan fingerprint density at radius 1 is 0.900 bits per heavy atom. The highest BCUT2D eigenvalue weighted by molar-refractivity contribution is 5.74. The summed E-state index contributed by atoms with van der Waals surface area (Å²) >= 11 is 0. The normalized spacial score (nSPS) is 9.55. The van der Waals surface area contributed by atoms with Gasteiger partial charge in [0, 0.05) is 5.56 Å². The summed E-state index contributed by atoms with van der Waals surface area (Å²) < 4.78 is 11.0. The van der Waals surface area contributed by atoms with Crippen molar-refractivity contribution in [3.8, 4) is 17.6 Å². The van der Waals surface area contributed by atoms with E-state index in [1.807, 2.05) is 6.07 Å². The van der Waals surface area contributed by atoms with Gasteiger partial charge >= 0.3 is 0 Å². The fourth-order valence-corrected chi connectivity index (χ4v) is 1.59. The topological polar surface area (TPSA) is 59.3 Å². The smallest absolute Gasteiger partial charge is 0.150 e. The molecule has 0 saturated heterocycles. The number of aldehydes is 1. The van der Waals surface area contributed by atoms with Crippen molar-refractivity contribution in [2.45, 2.75) is 0 Å². The molecule has 20 heavy (non-hydrogen) atoms. The monoisotopic (exact) mass is 267 g/mol. The number of rotatable bonds is 6. The minimum atomic E-state index is 0.403. The van der Waals surface area contributed by atoms with Crippen molar-refractivity contribution in [3.05, 3.63) is 59.7 Å². The van der Waals surface area contributed by atoms with E-state index in [2.05, 4.69) is 0 Å². The minimum Gasteiger partial charge on any atom is -0.490 e. The molecule has 0 N–H and O–H groups in total. The third-order valence-electron chi connectivity index (χ3n) is 2.62. The lowest BCUT2D eigenvalue weighted by Crippen LogP contribution is -2.08. The largest absolute Gasteiger partial charge is 0.490 e. The van der Waals surface area contributed by atoms with Gasteiger partial charge in [-0.15, -0.1) is 0 Å². The molecule has 4 nitrogen and oxygen atoms in total. The second kappa shape index (κ2) is 6.95. The number of carbonyl (C=O) groups is 1. The van der Waals surface area contributed by atoms with Crippen molar-refractivity contribution >= 4 is 6.29 Å². The first-order chi connectivity index (χ1) is 9.81. The Labute approximate surface area is 117 Å². The van der Waals surface area contributed by atoms with Crippen molar-refractivity contribution in [1.29, 1.82) is 5.26 Å². The molecule has 0 fully saturated rings. The number of hydrogen-bond acceptors (Lipinski definition) is 4. The molecule has 0 amide bonds. The molecule has 0 spiro atoms. The molecular weight excluding hydrogens is 254 g/mol. The Bertz CT molecular complexity index is 597. The van der Waals surface area contributed by atoms with Gasteiger partial charge in [-0.3, -0.25) is 4.79 Å². The number of nitrogens with zero attached hydrogens (tertiary/aromatic N) is 1. The molecule has 2 aromatic carbocycles. The van der Waals surface area contributed by atoms with Gasteiger partial charge in [0.05, 0.1) is 11.6 Å². The minimum absolute atomic E-state index is 0.403. The van der Waals surface area contributed by atoms with E-state index in [0.717, 1.165) is 6.29 Å². The van der Waals surface area contributed by atoms with Crippen LogP contribution in [-0.2, 0) is 0 Å². The summed E-state index contributed by atoms with van der Waals surface area (Å²) in [6, 6.07) is 15.8. The van der Waals surface area contributed by atoms with E-state index in [9.17, 15) is 4.79 Å². The van der Waals surface area contributed by atoms with Crippen LogP contribution in [0.3, 0.4) is 0 Å². The molecule has 0 unspecified atom stereocenters. The molecular formula is C16H13NO3. The van der Waals surface area contributed by atoms with Crippen LogP contribution in [0.15, 0.2) is 48.5 Å². The van der Waals surface area contributed by atoms with E-state index in [1.54, 1.807) is 48.5 Å². The van der Waals surface area contributed by atoms with Crippen molar-refractivity contribution in [1.82, 2.24) is 0 Å². The molecule has 100 valence electrons. The summed E-state index contributed by atoms with van der Waals surface area (Å²) in [5.74, 6) is 1.39. The predicted molar refractivity (Wildman–Crippen MR) is 74.0 cm³/mol. The fourth-order valence-electron chi connectivity index (χ4n) is 1.59. The summed E-state index contributed by atoms with van der Waals surface area (Å²) in [7, 11) is 0.